The molecule has 94 valence electrons. The molecule has 0 aromatic carbocycles. The van der Waals surface area contributed by atoms with E-state index in [1.54, 1.807) is 0 Å². The van der Waals surface area contributed by atoms with Crippen LogP contribution in [0.2, 0.25) is 0 Å². The van der Waals surface area contributed by atoms with Crippen molar-refractivity contribution in [3.63, 3.8) is 0 Å². The van der Waals surface area contributed by atoms with Crippen LogP contribution in [0.25, 0.3) is 0 Å². The van der Waals surface area contributed by atoms with Gasteiger partial charge in [-0.25, -0.2) is 0 Å². The van der Waals surface area contributed by atoms with E-state index < -0.39 is 0 Å². The Labute approximate surface area is 108 Å². The highest BCUT2D eigenvalue weighted by Crippen LogP contribution is 1.94. The number of nitrogens with two attached hydrogens (primary N) is 1. The zero-order chi connectivity index (χ0) is 9.94. The predicted molar refractivity (Wildman–Crippen MR) is 69.9 cm³/mol. The van der Waals surface area contributed by atoms with E-state index in [4.69, 9.17) is 10.5 Å². The van der Waals surface area contributed by atoms with Crippen molar-refractivity contribution >= 4 is 42.7 Å². The van der Waals surface area contributed by atoms with Crippen LogP contribution in [0.3, 0.4) is 0 Å². The number of hydrogen-bond acceptors (Lipinski definition) is 5. The van der Waals surface area contributed by atoms with Crippen molar-refractivity contribution in [1.82, 2.24) is 4.72 Å². The average molecular weight is 279 g/mol. The fourth-order valence-electron chi connectivity index (χ4n) is 0.791. The fraction of sp³-hybridized carbons (Fsp3) is 0.875. The van der Waals surface area contributed by atoms with Gasteiger partial charge in [0.15, 0.2) is 0 Å². The number of halogens is 2. The van der Waals surface area contributed by atoms with Crippen molar-refractivity contribution in [2.24, 2.45) is 5.73 Å². The first kappa shape index (κ1) is 20.7. The van der Waals surface area contributed by atoms with E-state index in [9.17, 15) is 4.79 Å². The summed E-state index contributed by atoms with van der Waals surface area (Å²) in [6.45, 7) is 1.49. The van der Waals surface area contributed by atoms with Crippen LogP contribution in [-0.2, 0) is 9.53 Å². The van der Waals surface area contributed by atoms with Gasteiger partial charge in [0.1, 0.15) is 6.54 Å². The molecule has 3 N–H and O–H groups in total. The summed E-state index contributed by atoms with van der Waals surface area (Å²) < 4.78 is 7.76. The predicted octanol–water partition coefficient (Wildman–Crippen LogP) is 1.37. The molecular formula is C8H20Cl2N2O2S. The number of esters is 1. The Hall–Kier alpha value is 0.320. The minimum absolute atomic E-state index is 0. The number of hydrogen-bond donors (Lipinski definition) is 2. The summed E-state index contributed by atoms with van der Waals surface area (Å²) in [5.41, 5.74) is 5.32. The number of ether oxygens (including phenoxy) is 1. The Morgan fingerprint density at radius 2 is 2.00 bits per heavy atom. The molecule has 0 amide bonds. The number of rotatable bonds is 8. The molecule has 0 unspecified atom stereocenters. The first-order chi connectivity index (χ1) is 6.31. The lowest BCUT2D eigenvalue weighted by molar-refractivity contribution is -0.142. The summed E-state index contributed by atoms with van der Waals surface area (Å²) in [4.78, 5) is 10.9. The molecule has 0 rings (SSSR count). The van der Waals surface area contributed by atoms with Crippen molar-refractivity contribution in [1.29, 1.82) is 0 Å². The van der Waals surface area contributed by atoms with Gasteiger partial charge >= 0.3 is 5.97 Å². The smallest absolute Gasteiger partial charge is 0.320 e. The van der Waals surface area contributed by atoms with Crippen LogP contribution in [0.15, 0.2) is 0 Å². The highest BCUT2D eigenvalue weighted by molar-refractivity contribution is 7.96. The molecule has 0 spiro atoms. The molecule has 15 heavy (non-hydrogen) atoms. The van der Waals surface area contributed by atoms with Crippen LogP contribution in [0.4, 0.5) is 0 Å². The molecule has 0 aliphatic rings. The molecule has 0 heterocycles. The number of unbranched alkanes of at least 4 members (excludes halogenated alkanes) is 2. The highest BCUT2D eigenvalue weighted by atomic mass is 35.5. The minimum atomic E-state index is -0.193. The van der Waals surface area contributed by atoms with E-state index in [1.165, 1.54) is 11.9 Å². The maximum absolute atomic E-state index is 10.9. The van der Waals surface area contributed by atoms with Crippen molar-refractivity contribution in [2.45, 2.75) is 19.3 Å². The third-order valence-corrected chi connectivity index (χ3v) is 1.91. The first-order valence-corrected chi connectivity index (χ1v) is 5.65. The summed E-state index contributed by atoms with van der Waals surface area (Å²) in [5, 5.41) is 0. The maximum atomic E-state index is 10.9. The second kappa shape index (κ2) is 16.7. The zero-order valence-electron chi connectivity index (χ0n) is 8.86. The van der Waals surface area contributed by atoms with Crippen LogP contribution in [0.1, 0.15) is 19.3 Å². The molecule has 0 saturated carbocycles. The monoisotopic (exact) mass is 278 g/mol. The first-order valence-electron chi connectivity index (χ1n) is 4.42. The van der Waals surface area contributed by atoms with Crippen molar-refractivity contribution in [3.8, 4) is 0 Å². The highest BCUT2D eigenvalue weighted by Gasteiger charge is 1.99. The van der Waals surface area contributed by atoms with Gasteiger partial charge in [0, 0.05) is 0 Å². The van der Waals surface area contributed by atoms with Crippen LogP contribution >= 0.6 is 36.8 Å². The third kappa shape index (κ3) is 17.0. The normalized spacial score (nSPS) is 8.67. The lowest BCUT2D eigenvalue weighted by Crippen LogP contribution is -2.19. The van der Waals surface area contributed by atoms with Gasteiger partial charge in [-0.2, -0.15) is 0 Å². The quantitative estimate of drug-likeness (QED) is 0.399. The van der Waals surface area contributed by atoms with Gasteiger partial charge in [-0.15, -0.1) is 24.8 Å². The Balaban J connectivity index is -0.000000720. The van der Waals surface area contributed by atoms with E-state index >= 15 is 0 Å². The van der Waals surface area contributed by atoms with E-state index in [-0.39, 0.29) is 37.3 Å². The second-order valence-electron chi connectivity index (χ2n) is 2.60. The van der Waals surface area contributed by atoms with Crippen LogP contribution in [0, 0.1) is 0 Å². The van der Waals surface area contributed by atoms with Crippen molar-refractivity contribution in [2.75, 3.05) is 26.0 Å². The Morgan fingerprint density at radius 3 is 2.53 bits per heavy atom. The summed E-state index contributed by atoms with van der Waals surface area (Å²) in [5.74, 6) is -0.193. The Kier molecular flexibility index (Phi) is 23.1. The largest absolute Gasteiger partial charge is 0.465 e. The number of carbonyl (C=O) groups excluding carboxylic acids is 1. The molecule has 0 radical (unpaired) electrons. The molecule has 0 aromatic heterocycles. The molecule has 0 bridgehead atoms. The lowest BCUT2D eigenvalue weighted by atomic mass is 10.2. The molecule has 0 aliphatic heterocycles. The van der Waals surface area contributed by atoms with Crippen LogP contribution in [-0.4, -0.2) is 31.9 Å². The molecule has 0 aliphatic carbocycles. The van der Waals surface area contributed by atoms with Gasteiger partial charge in [0.2, 0.25) is 0 Å². The lowest BCUT2D eigenvalue weighted by Gasteiger charge is -2.03. The summed E-state index contributed by atoms with van der Waals surface area (Å²) in [6, 6.07) is 0. The molecule has 0 fully saturated rings. The summed E-state index contributed by atoms with van der Waals surface area (Å²) >= 11 is 1.41. The van der Waals surface area contributed by atoms with Crippen molar-refractivity contribution < 1.29 is 9.53 Å². The number of nitrogens with one attached hydrogen (secondary N) is 1. The second-order valence-corrected chi connectivity index (χ2v) is 3.29. The molecule has 0 saturated heterocycles. The van der Waals surface area contributed by atoms with Gasteiger partial charge in [0.25, 0.3) is 0 Å². The fourth-order valence-corrected chi connectivity index (χ4v) is 1.05. The van der Waals surface area contributed by atoms with E-state index in [0.29, 0.717) is 13.2 Å². The summed E-state index contributed by atoms with van der Waals surface area (Å²) in [6.07, 6.45) is 4.80. The molecule has 4 nitrogen and oxygen atoms in total. The maximum Gasteiger partial charge on any atom is 0.320 e. The van der Waals surface area contributed by atoms with Gasteiger partial charge in [-0.05, 0) is 32.1 Å². The van der Waals surface area contributed by atoms with Gasteiger partial charge in [-0.3, -0.25) is 9.52 Å². The molecule has 0 aromatic rings. The van der Waals surface area contributed by atoms with Gasteiger partial charge in [-0.1, -0.05) is 11.9 Å². The van der Waals surface area contributed by atoms with Gasteiger partial charge in [0.05, 0.1) is 6.61 Å². The minimum Gasteiger partial charge on any atom is -0.465 e. The third-order valence-electron chi connectivity index (χ3n) is 1.47. The van der Waals surface area contributed by atoms with Gasteiger partial charge < -0.3 is 10.5 Å². The van der Waals surface area contributed by atoms with E-state index in [0.717, 1.165) is 19.3 Å². The molecule has 7 heteroatoms. The van der Waals surface area contributed by atoms with E-state index in [1.807, 2.05) is 6.26 Å². The Bertz CT molecular complexity index is 142. The zero-order valence-corrected chi connectivity index (χ0v) is 11.3. The topological polar surface area (TPSA) is 64.3 Å². The Morgan fingerprint density at radius 1 is 1.33 bits per heavy atom. The van der Waals surface area contributed by atoms with Crippen molar-refractivity contribution in [3.05, 3.63) is 0 Å². The van der Waals surface area contributed by atoms with Crippen LogP contribution in [0.5, 0.6) is 0 Å². The van der Waals surface area contributed by atoms with E-state index in [2.05, 4.69) is 4.72 Å². The molecule has 0 atom stereocenters. The summed E-state index contributed by atoms with van der Waals surface area (Å²) in [7, 11) is 0. The standard InChI is InChI=1S/C8H18N2O2S.2ClH/c1-13-10-7-8(11)12-6-4-2-3-5-9;;/h10H,2-7,9H2,1H3;2*1H. The molecular weight excluding hydrogens is 259 g/mol. The number of carbonyl (C=O) groups is 1. The SMILES string of the molecule is CSNCC(=O)OCCCCCN.Cl.Cl. The average Bonchev–Trinajstić information content (AvgIpc) is 2.14. The van der Waals surface area contributed by atoms with Crippen LogP contribution < -0.4 is 10.5 Å².